The molecule has 0 unspecified atom stereocenters. The molecule has 1 aliphatic carbocycles. The summed E-state index contributed by atoms with van der Waals surface area (Å²) >= 11 is 0. The van der Waals surface area contributed by atoms with Gasteiger partial charge >= 0.3 is 6.09 Å². The van der Waals surface area contributed by atoms with Crippen LogP contribution in [0.15, 0.2) is 42.5 Å². The minimum atomic E-state index is -0.934. The minimum Gasteiger partial charge on any atom is -0.465 e. The summed E-state index contributed by atoms with van der Waals surface area (Å²) in [6.07, 6.45) is 1.70. The number of nitrogens with one attached hydrogen (secondary N) is 2. The summed E-state index contributed by atoms with van der Waals surface area (Å²) in [5.74, 6) is 0.187. The number of carboxylic acid groups (broad SMARTS) is 1. The normalized spacial score (nSPS) is 21.8. The molecule has 112 valence electrons. The van der Waals surface area contributed by atoms with Gasteiger partial charge in [-0.3, -0.25) is 0 Å². The zero-order chi connectivity index (χ0) is 15.1. The standard InChI is InChI=1S/C18H18N2O2/c21-18(22)20-15-9-8-11-5-3-7-16-17(11)13(15)10-12-4-1-2-6-14(12)19-16/h1-7,13,15,19-20H,8-10H2,(H,21,22)/t13-,15+/m0/s1. The Morgan fingerprint density at radius 2 is 1.86 bits per heavy atom. The Kier molecular flexibility index (Phi) is 3.03. The van der Waals surface area contributed by atoms with Crippen molar-refractivity contribution in [3.8, 4) is 0 Å². The van der Waals surface area contributed by atoms with Crippen LogP contribution >= 0.6 is 0 Å². The molecule has 0 aromatic heterocycles. The third-order valence-electron chi connectivity index (χ3n) is 4.81. The van der Waals surface area contributed by atoms with Gasteiger partial charge in [0.05, 0.1) is 0 Å². The highest BCUT2D eigenvalue weighted by atomic mass is 16.4. The van der Waals surface area contributed by atoms with E-state index in [0.29, 0.717) is 0 Å². The topological polar surface area (TPSA) is 61.4 Å². The molecule has 0 fully saturated rings. The number of amides is 1. The van der Waals surface area contributed by atoms with E-state index in [1.54, 1.807) is 0 Å². The van der Waals surface area contributed by atoms with Crippen molar-refractivity contribution in [1.82, 2.24) is 5.32 Å². The van der Waals surface area contributed by atoms with Gasteiger partial charge in [0.1, 0.15) is 0 Å². The first-order valence-electron chi connectivity index (χ1n) is 7.68. The van der Waals surface area contributed by atoms with E-state index in [-0.39, 0.29) is 12.0 Å². The molecule has 2 aromatic rings. The fourth-order valence-corrected chi connectivity index (χ4v) is 3.87. The first-order valence-corrected chi connectivity index (χ1v) is 7.68. The first kappa shape index (κ1) is 13.2. The molecule has 1 amide bonds. The van der Waals surface area contributed by atoms with E-state index >= 15 is 0 Å². The van der Waals surface area contributed by atoms with Crippen LogP contribution < -0.4 is 10.6 Å². The lowest BCUT2D eigenvalue weighted by Crippen LogP contribution is -2.41. The van der Waals surface area contributed by atoms with Crippen LogP contribution in [0.25, 0.3) is 0 Å². The minimum absolute atomic E-state index is 0.0286. The van der Waals surface area contributed by atoms with Crippen molar-refractivity contribution in [2.75, 3.05) is 5.32 Å². The number of para-hydroxylation sites is 1. The van der Waals surface area contributed by atoms with Crippen LogP contribution in [0.3, 0.4) is 0 Å². The maximum atomic E-state index is 11.1. The number of fused-ring (bicyclic) bond motifs is 1. The monoisotopic (exact) mass is 294 g/mol. The average molecular weight is 294 g/mol. The Labute approximate surface area is 129 Å². The Balaban J connectivity index is 1.85. The summed E-state index contributed by atoms with van der Waals surface area (Å²) in [6.45, 7) is 0. The van der Waals surface area contributed by atoms with Crippen molar-refractivity contribution in [2.24, 2.45) is 0 Å². The highest BCUT2D eigenvalue weighted by Gasteiger charge is 2.34. The van der Waals surface area contributed by atoms with Crippen molar-refractivity contribution in [3.63, 3.8) is 0 Å². The quantitative estimate of drug-likeness (QED) is 0.752. The lowest BCUT2D eigenvalue weighted by atomic mass is 9.76. The second-order valence-electron chi connectivity index (χ2n) is 6.07. The largest absolute Gasteiger partial charge is 0.465 e. The highest BCUT2D eigenvalue weighted by molar-refractivity contribution is 5.72. The predicted octanol–water partition coefficient (Wildman–Crippen LogP) is 3.65. The van der Waals surface area contributed by atoms with Gasteiger partial charge in [0.15, 0.2) is 0 Å². The van der Waals surface area contributed by atoms with Crippen LogP contribution in [0.1, 0.15) is 29.0 Å². The molecule has 0 saturated heterocycles. The Hall–Kier alpha value is -2.49. The molecule has 2 atom stereocenters. The molecule has 4 rings (SSSR count). The maximum absolute atomic E-state index is 11.1. The van der Waals surface area contributed by atoms with Gasteiger partial charge in [-0.1, -0.05) is 30.3 Å². The molecule has 0 bridgehead atoms. The van der Waals surface area contributed by atoms with Gasteiger partial charge in [0, 0.05) is 23.3 Å². The summed E-state index contributed by atoms with van der Waals surface area (Å²) in [6, 6.07) is 14.6. The van der Waals surface area contributed by atoms with Crippen molar-refractivity contribution in [3.05, 3.63) is 59.2 Å². The Morgan fingerprint density at radius 3 is 2.73 bits per heavy atom. The number of benzene rings is 2. The van der Waals surface area contributed by atoms with Crippen LogP contribution in [0, 0.1) is 0 Å². The Bertz CT molecular complexity index is 742. The molecule has 1 aliphatic heterocycles. The number of carbonyl (C=O) groups is 1. The maximum Gasteiger partial charge on any atom is 0.404 e. The van der Waals surface area contributed by atoms with E-state index in [0.717, 1.165) is 30.6 Å². The second kappa shape index (κ2) is 5.05. The third kappa shape index (κ3) is 2.11. The molecular weight excluding hydrogens is 276 g/mol. The van der Waals surface area contributed by atoms with Gasteiger partial charge in [-0.2, -0.15) is 0 Å². The second-order valence-corrected chi connectivity index (χ2v) is 6.07. The van der Waals surface area contributed by atoms with E-state index in [9.17, 15) is 4.79 Å². The van der Waals surface area contributed by atoms with Crippen molar-refractivity contribution in [2.45, 2.75) is 31.2 Å². The molecule has 0 spiro atoms. The fraction of sp³-hybridized carbons (Fsp3) is 0.278. The summed E-state index contributed by atoms with van der Waals surface area (Å²) in [5.41, 5.74) is 6.10. The molecule has 0 saturated carbocycles. The summed E-state index contributed by atoms with van der Waals surface area (Å²) in [5, 5.41) is 15.4. The predicted molar refractivity (Wildman–Crippen MR) is 85.9 cm³/mol. The van der Waals surface area contributed by atoms with Crippen molar-refractivity contribution in [1.29, 1.82) is 0 Å². The summed E-state index contributed by atoms with van der Waals surface area (Å²) in [4.78, 5) is 11.1. The molecule has 1 heterocycles. The number of hydrogen-bond donors (Lipinski definition) is 3. The zero-order valence-electron chi connectivity index (χ0n) is 12.2. The lowest BCUT2D eigenvalue weighted by Gasteiger charge is -2.33. The van der Waals surface area contributed by atoms with Gasteiger partial charge in [-0.25, -0.2) is 4.79 Å². The molecule has 4 nitrogen and oxygen atoms in total. The van der Waals surface area contributed by atoms with Gasteiger partial charge < -0.3 is 15.7 Å². The van der Waals surface area contributed by atoms with Crippen LogP contribution in [0.2, 0.25) is 0 Å². The van der Waals surface area contributed by atoms with E-state index in [4.69, 9.17) is 5.11 Å². The zero-order valence-corrected chi connectivity index (χ0v) is 12.2. The van der Waals surface area contributed by atoms with Gasteiger partial charge in [-0.15, -0.1) is 0 Å². The number of anilines is 2. The van der Waals surface area contributed by atoms with Crippen LogP contribution in [0.5, 0.6) is 0 Å². The van der Waals surface area contributed by atoms with Crippen molar-refractivity contribution < 1.29 is 9.90 Å². The van der Waals surface area contributed by atoms with Gasteiger partial charge in [0.25, 0.3) is 0 Å². The molecule has 4 heteroatoms. The molecular formula is C18H18N2O2. The molecule has 0 radical (unpaired) electrons. The SMILES string of the molecule is O=C(O)N[C@@H]1CCc2cccc3c2[C@H]1Cc1ccccc1N3. The van der Waals surface area contributed by atoms with Gasteiger partial charge in [0.2, 0.25) is 0 Å². The number of rotatable bonds is 1. The average Bonchev–Trinajstić information content (AvgIpc) is 2.67. The van der Waals surface area contributed by atoms with Crippen LogP contribution in [-0.2, 0) is 12.8 Å². The molecule has 2 aliphatic rings. The molecule has 2 aromatic carbocycles. The van der Waals surface area contributed by atoms with Crippen molar-refractivity contribution >= 4 is 17.5 Å². The van der Waals surface area contributed by atoms with Gasteiger partial charge in [-0.05, 0) is 48.1 Å². The highest BCUT2D eigenvalue weighted by Crippen LogP contribution is 2.43. The van der Waals surface area contributed by atoms with Crippen LogP contribution in [0.4, 0.5) is 16.2 Å². The fourth-order valence-electron chi connectivity index (χ4n) is 3.87. The van der Waals surface area contributed by atoms with E-state index in [1.165, 1.54) is 16.7 Å². The summed E-state index contributed by atoms with van der Waals surface area (Å²) < 4.78 is 0. The van der Waals surface area contributed by atoms with Crippen LogP contribution in [-0.4, -0.2) is 17.2 Å². The van der Waals surface area contributed by atoms with E-state index in [1.807, 2.05) is 12.1 Å². The van der Waals surface area contributed by atoms with E-state index in [2.05, 4.69) is 41.0 Å². The summed E-state index contributed by atoms with van der Waals surface area (Å²) in [7, 11) is 0. The first-order chi connectivity index (χ1) is 10.7. The molecule has 22 heavy (non-hydrogen) atoms. The van der Waals surface area contributed by atoms with E-state index < -0.39 is 6.09 Å². The number of aryl methyl sites for hydroxylation is 1. The smallest absolute Gasteiger partial charge is 0.404 e. The molecule has 3 N–H and O–H groups in total. The Morgan fingerprint density at radius 1 is 1.09 bits per heavy atom. The third-order valence-corrected chi connectivity index (χ3v) is 4.81. The number of hydrogen-bond acceptors (Lipinski definition) is 2. The lowest BCUT2D eigenvalue weighted by molar-refractivity contribution is 0.185.